The van der Waals surface area contributed by atoms with Gasteiger partial charge in [-0.2, -0.15) is 0 Å². The van der Waals surface area contributed by atoms with Crippen LogP contribution in [-0.4, -0.2) is 40.7 Å². The van der Waals surface area contributed by atoms with Gasteiger partial charge in [-0.15, -0.1) is 11.3 Å². The third-order valence-electron chi connectivity index (χ3n) is 3.56. The van der Waals surface area contributed by atoms with Crippen molar-refractivity contribution in [3.05, 3.63) is 42.2 Å². The molecule has 3 aromatic rings. The van der Waals surface area contributed by atoms with Gasteiger partial charge in [0.2, 0.25) is 0 Å². The zero-order valence-corrected chi connectivity index (χ0v) is 14.0. The minimum absolute atomic E-state index is 0.131. The fraction of sp³-hybridized carbons (Fsp3) is 0.118. The van der Waals surface area contributed by atoms with Gasteiger partial charge in [0.15, 0.2) is 0 Å². The molecule has 3 rings (SSSR count). The van der Waals surface area contributed by atoms with Crippen LogP contribution in [0.3, 0.4) is 0 Å². The monoisotopic (exact) mass is 358 g/mol. The topological polar surface area (TPSA) is 109 Å². The SMILES string of the molecule is COc1ccc(-c2sc3cncc(O)c3c2C(=O)NCC(=O)O)cc1. The second-order valence-corrected chi connectivity index (χ2v) is 6.20. The Bertz CT molecular complexity index is 950. The third-order valence-corrected chi connectivity index (χ3v) is 4.73. The fourth-order valence-electron chi connectivity index (χ4n) is 2.44. The number of aromatic nitrogens is 1. The lowest BCUT2D eigenvalue weighted by Crippen LogP contribution is -2.29. The van der Waals surface area contributed by atoms with Gasteiger partial charge < -0.3 is 20.3 Å². The molecule has 7 nitrogen and oxygen atoms in total. The van der Waals surface area contributed by atoms with Crippen molar-refractivity contribution < 1.29 is 24.5 Å². The van der Waals surface area contributed by atoms with Gasteiger partial charge >= 0.3 is 5.97 Å². The number of amides is 1. The number of thiophene rings is 1. The number of pyridine rings is 1. The van der Waals surface area contributed by atoms with E-state index in [-0.39, 0.29) is 11.3 Å². The Morgan fingerprint density at radius 2 is 1.96 bits per heavy atom. The van der Waals surface area contributed by atoms with Crippen molar-refractivity contribution in [1.82, 2.24) is 10.3 Å². The molecule has 128 valence electrons. The van der Waals surface area contributed by atoms with Crippen LogP contribution in [0.5, 0.6) is 11.5 Å². The molecule has 1 aromatic carbocycles. The van der Waals surface area contributed by atoms with E-state index in [1.165, 1.54) is 17.5 Å². The number of carbonyl (C=O) groups is 2. The highest BCUT2D eigenvalue weighted by Crippen LogP contribution is 2.42. The molecule has 0 unspecified atom stereocenters. The van der Waals surface area contributed by atoms with Gasteiger partial charge in [-0.1, -0.05) is 0 Å². The highest BCUT2D eigenvalue weighted by atomic mass is 32.1. The molecule has 0 aliphatic carbocycles. The van der Waals surface area contributed by atoms with Crippen LogP contribution in [0.1, 0.15) is 10.4 Å². The largest absolute Gasteiger partial charge is 0.506 e. The van der Waals surface area contributed by atoms with Gasteiger partial charge in [0, 0.05) is 11.1 Å². The van der Waals surface area contributed by atoms with E-state index in [0.29, 0.717) is 20.7 Å². The standard InChI is InChI=1S/C17H14N2O5S/c1-24-10-4-2-9(3-5-10)16-15(17(23)19-8-13(21)22)14-11(20)6-18-7-12(14)25-16/h2-7,20H,8H2,1H3,(H,19,23)(H,21,22). The molecular weight excluding hydrogens is 344 g/mol. The van der Waals surface area contributed by atoms with Crippen LogP contribution in [0.2, 0.25) is 0 Å². The van der Waals surface area contributed by atoms with Crippen LogP contribution >= 0.6 is 11.3 Å². The molecule has 0 bridgehead atoms. The summed E-state index contributed by atoms with van der Waals surface area (Å²) in [6.07, 6.45) is 2.81. The molecule has 25 heavy (non-hydrogen) atoms. The summed E-state index contributed by atoms with van der Waals surface area (Å²) in [6, 6.07) is 7.11. The van der Waals surface area contributed by atoms with E-state index in [9.17, 15) is 14.7 Å². The van der Waals surface area contributed by atoms with Gasteiger partial charge in [0.25, 0.3) is 5.91 Å². The van der Waals surface area contributed by atoms with E-state index in [2.05, 4.69) is 10.3 Å². The smallest absolute Gasteiger partial charge is 0.322 e. The molecule has 0 aliphatic heterocycles. The molecule has 0 spiro atoms. The van der Waals surface area contributed by atoms with E-state index >= 15 is 0 Å². The molecule has 2 heterocycles. The molecule has 0 atom stereocenters. The Labute approximate surface area is 146 Å². The van der Waals surface area contributed by atoms with Crippen molar-refractivity contribution >= 4 is 33.3 Å². The number of nitrogens with zero attached hydrogens (tertiary/aromatic N) is 1. The summed E-state index contributed by atoms with van der Waals surface area (Å²) in [4.78, 5) is 27.9. The number of ether oxygens (including phenoxy) is 1. The molecule has 3 N–H and O–H groups in total. The summed E-state index contributed by atoms with van der Waals surface area (Å²) in [7, 11) is 1.56. The molecule has 1 amide bonds. The molecule has 0 radical (unpaired) electrons. The Morgan fingerprint density at radius 3 is 2.60 bits per heavy atom. The second-order valence-electron chi connectivity index (χ2n) is 5.14. The van der Waals surface area contributed by atoms with Gasteiger partial charge in [0.05, 0.1) is 29.0 Å². The third kappa shape index (κ3) is 3.24. The van der Waals surface area contributed by atoms with Crippen LogP contribution in [0.15, 0.2) is 36.7 Å². The quantitative estimate of drug-likeness (QED) is 0.647. The first-order valence-corrected chi connectivity index (χ1v) is 8.06. The Kier molecular flexibility index (Phi) is 4.53. The summed E-state index contributed by atoms with van der Waals surface area (Å²) in [5.41, 5.74) is 0.980. The Balaban J connectivity index is 2.16. The van der Waals surface area contributed by atoms with E-state index < -0.39 is 18.4 Å². The molecule has 8 heteroatoms. The number of hydrogen-bond donors (Lipinski definition) is 3. The molecule has 0 saturated heterocycles. The van der Waals surface area contributed by atoms with Gasteiger partial charge in [-0.05, 0) is 29.8 Å². The van der Waals surface area contributed by atoms with Gasteiger partial charge in [-0.3, -0.25) is 14.6 Å². The average molecular weight is 358 g/mol. The first-order chi connectivity index (χ1) is 12.0. The van der Waals surface area contributed by atoms with Crippen molar-refractivity contribution in [3.63, 3.8) is 0 Å². The number of hydrogen-bond acceptors (Lipinski definition) is 6. The number of carboxylic acids is 1. The Hall–Kier alpha value is -3.13. The number of aliphatic carboxylic acids is 1. The maximum atomic E-state index is 12.6. The maximum absolute atomic E-state index is 12.6. The van der Waals surface area contributed by atoms with Crippen molar-refractivity contribution in [1.29, 1.82) is 0 Å². The van der Waals surface area contributed by atoms with E-state index in [4.69, 9.17) is 9.84 Å². The zero-order chi connectivity index (χ0) is 18.0. The number of carboxylic acid groups (broad SMARTS) is 1. The van der Waals surface area contributed by atoms with E-state index in [1.54, 1.807) is 37.6 Å². The lowest BCUT2D eigenvalue weighted by molar-refractivity contribution is -0.135. The normalized spacial score (nSPS) is 10.6. The summed E-state index contributed by atoms with van der Waals surface area (Å²) in [6.45, 7) is -0.510. The lowest BCUT2D eigenvalue weighted by Gasteiger charge is -2.07. The second kappa shape index (κ2) is 6.78. The van der Waals surface area contributed by atoms with Crippen molar-refractivity contribution in [2.45, 2.75) is 0 Å². The molecule has 0 aliphatic rings. The van der Waals surface area contributed by atoms with Gasteiger partial charge in [0.1, 0.15) is 18.0 Å². The van der Waals surface area contributed by atoms with Crippen LogP contribution in [-0.2, 0) is 4.79 Å². The number of carbonyl (C=O) groups excluding carboxylic acids is 1. The summed E-state index contributed by atoms with van der Waals surface area (Å²) >= 11 is 1.30. The Morgan fingerprint density at radius 1 is 1.24 bits per heavy atom. The van der Waals surface area contributed by atoms with Crippen molar-refractivity contribution in [2.75, 3.05) is 13.7 Å². The summed E-state index contributed by atoms with van der Waals surface area (Å²) < 4.78 is 5.77. The number of rotatable bonds is 5. The van der Waals surface area contributed by atoms with Crippen molar-refractivity contribution in [3.8, 4) is 21.9 Å². The summed E-state index contributed by atoms with van der Waals surface area (Å²) in [5, 5.41) is 21.6. The zero-order valence-electron chi connectivity index (χ0n) is 13.1. The minimum atomic E-state index is -1.15. The summed E-state index contributed by atoms with van der Waals surface area (Å²) in [5.74, 6) is -1.18. The number of benzene rings is 1. The lowest BCUT2D eigenvalue weighted by atomic mass is 10.1. The number of aromatic hydroxyl groups is 1. The first kappa shape index (κ1) is 16.7. The van der Waals surface area contributed by atoms with Gasteiger partial charge in [-0.25, -0.2) is 0 Å². The highest BCUT2D eigenvalue weighted by Gasteiger charge is 2.23. The maximum Gasteiger partial charge on any atom is 0.322 e. The molecular formula is C17H14N2O5S. The average Bonchev–Trinajstić information content (AvgIpc) is 3.00. The number of fused-ring (bicyclic) bond motifs is 1. The van der Waals surface area contributed by atoms with E-state index in [1.807, 2.05) is 0 Å². The van der Waals surface area contributed by atoms with Crippen LogP contribution in [0.4, 0.5) is 0 Å². The van der Waals surface area contributed by atoms with Crippen LogP contribution < -0.4 is 10.1 Å². The number of nitrogens with one attached hydrogen (secondary N) is 1. The van der Waals surface area contributed by atoms with Crippen LogP contribution in [0.25, 0.3) is 20.5 Å². The predicted octanol–water partition coefficient (Wildman–Crippen LogP) is 2.49. The van der Waals surface area contributed by atoms with Crippen molar-refractivity contribution in [2.24, 2.45) is 0 Å². The van der Waals surface area contributed by atoms with Crippen LogP contribution in [0, 0.1) is 0 Å². The minimum Gasteiger partial charge on any atom is -0.506 e. The fourth-order valence-corrected chi connectivity index (χ4v) is 3.63. The first-order valence-electron chi connectivity index (χ1n) is 7.25. The molecule has 2 aromatic heterocycles. The predicted molar refractivity (Wildman–Crippen MR) is 93.2 cm³/mol. The molecule has 0 fully saturated rings. The van der Waals surface area contributed by atoms with E-state index in [0.717, 1.165) is 5.56 Å². The molecule has 0 saturated carbocycles. The number of methoxy groups -OCH3 is 1. The highest BCUT2D eigenvalue weighted by molar-refractivity contribution is 7.22.